The summed E-state index contributed by atoms with van der Waals surface area (Å²) in [7, 11) is 9.34. The molecule has 244 valence electrons. The van der Waals surface area contributed by atoms with Crippen LogP contribution in [-0.4, -0.2) is 47.6 Å². The Bertz CT molecular complexity index is 2050. The number of rotatable bonds is 10. The lowest BCUT2D eigenvalue weighted by Gasteiger charge is -2.19. The summed E-state index contributed by atoms with van der Waals surface area (Å²) in [6.45, 7) is 0. The van der Waals surface area contributed by atoms with E-state index in [0.29, 0.717) is 56.8 Å². The van der Waals surface area contributed by atoms with Gasteiger partial charge in [0.05, 0.1) is 53.7 Å². The molecule has 0 aliphatic rings. The van der Waals surface area contributed by atoms with E-state index in [1.54, 1.807) is 59.8 Å². The monoisotopic (exact) mass is 649 g/mol. The minimum absolute atomic E-state index is 0.327. The van der Waals surface area contributed by atoms with Gasteiger partial charge in [-0.2, -0.15) is 0 Å². The van der Waals surface area contributed by atoms with Crippen LogP contribution in [0.1, 0.15) is 0 Å². The van der Waals surface area contributed by atoms with Gasteiger partial charge in [0.25, 0.3) is 0 Å². The van der Waals surface area contributed by atoms with Gasteiger partial charge in [0, 0.05) is 11.1 Å². The van der Waals surface area contributed by atoms with Crippen molar-refractivity contribution in [1.29, 1.82) is 0 Å². The number of pyridine rings is 1. The fourth-order valence-corrected chi connectivity index (χ4v) is 5.88. The molecule has 0 saturated carbocycles. The average molecular weight is 650 g/mol. The van der Waals surface area contributed by atoms with Crippen LogP contribution in [0.25, 0.3) is 55.4 Å². The first kappa shape index (κ1) is 32.1. The Hall–Kier alpha value is -5.83. The van der Waals surface area contributed by atoms with Crippen LogP contribution in [0.4, 0.5) is 8.78 Å². The Morgan fingerprint density at radius 3 is 1.46 bits per heavy atom. The van der Waals surface area contributed by atoms with Crippen molar-refractivity contribution < 1.29 is 37.2 Å². The third kappa shape index (κ3) is 5.90. The van der Waals surface area contributed by atoms with Crippen molar-refractivity contribution in [1.82, 2.24) is 4.98 Å². The quantitative estimate of drug-likeness (QED) is 0.147. The average Bonchev–Trinajstić information content (AvgIpc) is 3.13. The first-order valence-corrected chi connectivity index (χ1v) is 14.9. The van der Waals surface area contributed by atoms with Crippen LogP contribution in [0.5, 0.6) is 34.6 Å². The highest BCUT2D eigenvalue weighted by molar-refractivity contribution is 5.99. The van der Waals surface area contributed by atoms with E-state index in [1.165, 1.54) is 31.4 Å². The van der Waals surface area contributed by atoms with E-state index in [-0.39, 0.29) is 11.6 Å². The summed E-state index contributed by atoms with van der Waals surface area (Å²) in [5.74, 6) is 1.98. The van der Waals surface area contributed by atoms with E-state index in [1.807, 2.05) is 42.5 Å². The lowest BCUT2D eigenvalue weighted by molar-refractivity contribution is 0.326. The van der Waals surface area contributed by atoms with Gasteiger partial charge in [-0.05, 0) is 99.9 Å². The molecule has 0 atom stereocenters. The van der Waals surface area contributed by atoms with E-state index in [0.717, 1.165) is 33.2 Å². The predicted octanol–water partition coefficient (Wildman–Crippen LogP) is 9.23. The lowest BCUT2D eigenvalue weighted by atomic mass is 9.91. The molecule has 6 rings (SSSR count). The number of benzene rings is 5. The minimum Gasteiger partial charge on any atom is -0.493 e. The highest BCUT2D eigenvalue weighted by atomic mass is 19.1. The molecule has 48 heavy (non-hydrogen) atoms. The lowest BCUT2D eigenvalue weighted by Crippen LogP contribution is -2.00. The Balaban J connectivity index is 1.61. The van der Waals surface area contributed by atoms with Gasteiger partial charge in [0.15, 0.2) is 23.0 Å². The molecule has 0 amide bonds. The maximum absolute atomic E-state index is 13.9. The van der Waals surface area contributed by atoms with Gasteiger partial charge in [-0.25, -0.2) is 13.8 Å². The van der Waals surface area contributed by atoms with E-state index in [2.05, 4.69) is 0 Å². The van der Waals surface area contributed by atoms with Crippen molar-refractivity contribution in [3.05, 3.63) is 103 Å². The Labute approximate surface area is 277 Å². The van der Waals surface area contributed by atoms with Crippen LogP contribution in [0.2, 0.25) is 0 Å². The second kappa shape index (κ2) is 13.5. The van der Waals surface area contributed by atoms with Crippen LogP contribution in [0.15, 0.2) is 91.0 Å². The Morgan fingerprint density at radius 2 is 0.958 bits per heavy atom. The summed E-state index contributed by atoms with van der Waals surface area (Å²) >= 11 is 0. The molecule has 7 nitrogen and oxygen atoms in total. The summed E-state index contributed by atoms with van der Waals surface area (Å²) in [5, 5.41) is 1.37. The summed E-state index contributed by atoms with van der Waals surface area (Å²) in [4.78, 5) is 4.88. The van der Waals surface area contributed by atoms with Crippen LogP contribution >= 0.6 is 0 Å². The molecule has 0 aliphatic carbocycles. The second-order valence-electron chi connectivity index (χ2n) is 10.8. The molecule has 0 aliphatic heterocycles. The van der Waals surface area contributed by atoms with Crippen molar-refractivity contribution in [2.45, 2.75) is 0 Å². The zero-order valence-electron chi connectivity index (χ0n) is 27.3. The van der Waals surface area contributed by atoms with Gasteiger partial charge in [-0.1, -0.05) is 24.3 Å². The SMILES string of the molecule is COc1cc(-c2cc3cc(OC)c(OC)c(OC)c3c(OC)n2)cc(-c2cc(-c3ccc(F)cc3)cc(-c3ccc(F)cc3)c2)c1OC. The van der Waals surface area contributed by atoms with Crippen LogP contribution in [-0.2, 0) is 0 Å². The number of methoxy groups -OCH3 is 6. The third-order valence-corrected chi connectivity index (χ3v) is 8.16. The molecule has 0 unspecified atom stereocenters. The van der Waals surface area contributed by atoms with Crippen LogP contribution in [0, 0.1) is 11.6 Å². The number of nitrogens with zero attached hydrogens (tertiary/aromatic N) is 1. The maximum Gasteiger partial charge on any atom is 0.225 e. The molecule has 1 aromatic heterocycles. The van der Waals surface area contributed by atoms with E-state index in [4.69, 9.17) is 33.4 Å². The van der Waals surface area contributed by atoms with Crippen LogP contribution < -0.4 is 28.4 Å². The fraction of sp³-hybridized carbons (Fsp3) is 0.154. The first-order chi connectivity index (χ1) is 23.3. The summed E-state index contributed by atoms with van der Waals surface area (Å²) in [6.07, 6.45) is 0. The van der Waals surface area contributed by atoms with Crippen molar-refractivity contribution in [2.75, 3.05) is 42.7 Å². The van der Waals surface area contributed by atoms with Gasteiger partial charge in [-0.15, -0.1) is 0 Å². The number of ether oxygens (including phenoxy) is 6. The fourth-order valence-electron chi connectivity index (χ4n) is 5.88. The van der Waals surface area contributed by atoms with Crippen molar-refractivity contribution in [3.8, 4) is 79.3 Å². The zero-order valence-corrected chi connectivity index (χ0v) is 27.3. The summed E-state index contributed by atoms with van der Waals surface area (Å²) < 4.78 is 62.2. The molecule has 6 aromatic rings. The molecule has 0 bridgehead atoms. The molecular weight excluding hydrogens is 616 g/mol. The standard InChI is InChI=1S/C39H33F2NO6/c1-43-33-20-27(32-19-28-21-34(44-2)37(46-4)38(47-5)35(28)39(42-32)48-6)18-31(36(33)45-3)26-16-24(22-7-11-29(40)12-8-22)15-25(17-26)23-9-13-30(41)14-10-23/h7-21H,1-6H3. The number of fused-ring (bicyclic) bond motifs is 1. The second-order valence-corrected chi connectivity index (χ2v) is 10.8. The highest BCUT2D eigenvalue weighted by Crippen LogP contribution is 2.48. The summed E-state index contributed by atoms with van der Waals surface area (Å²) in [5.41, 5.74) is 6.08. The molecule has 0 spiro atoms. The van der Waals surface area contributed by atoms with Gasteiger partial charge in [0.1, 0.15) is 11.6 Å². The molecule has 0 radical (unpaired) electrons. The van der Waals surface area contributed by atoms with Gasteiger partial charge in [0.2, 0.25) is 11.6 Å². The molecule has 1 heterocycles. The molecule has 0 fully saturated rings. The van der Waals surface area contributed by atoms with E-state index in [9.17, 15) is 8.78 Å². The maximum atomic E-state index is 13.9. The predicted molar refractivity (Wildman–Crippen MR) is 183 cm³/mol. The van der Waals surface area contributed by atoms with Crippen molar-refractivity contribution >= 4 is 10.8 Å². The summed E-state index contributed by atoms with van der Waals surface area (Å²) in [6, 6.07) is 26.1. The topological polar surface area (TPSA) is 68.3 Å². The Morgan fingerprint density at radius 1 is 0.438 bits per heavy atom. The minimum atomic E-state index is -0.334. The van der Waals surface area contributed by atoms with E-state index >= 15 is 0 Å². The van der Waals surface area contributed by atoms with Gasteiger partial charge >= 0.3 is 0 Å². The number of hydrogen-bond donors (Lipinski definition) is 0. The molecule has 5 aromatic carbocycles. The smallest absolute Gasteiger partial charge is 0.225 e. The Kier molecular flexibility index (Phi) is 9.03. The number of halogens is 2. The van der Waals surface area contributed by atoms with E-state index < -0.39 is 0 Å². The van der Waals surface area contributed by atoms with Gasteiger partial charge < -0.3 is 28.4 Å². The third-order valence-electron chi connectivity index (χ3n) is 8.16. The number of hydrogen-bond acceptors (Lipinski definition) is 7. The number of aromatic nitrogens is 1. The molecule has 0 saturated heterocycles. The molecule has 0 N–H and O–H groups in total. The largest absolute Gasteiger partial charge is 0.493 e. The van der Waals surface area contributed by atoms with Gasteiger partial charge in [-0.3, -0.25) is 0 Å². The highest BCUT2D eigenvalue weighted by Gasteiger charge is 2.23. The molecular formula is C39H33F2NO6. The normalized spacial score (nSPS) is 10.9. The first-order valence-electron chi connectivity index (χ1n) is 14.9. The van der Waals surface area contributed by atoms with Crippen LogP contribution in [0.3, 0.4) is 0 Å². The molecule has 9 heteroatoms. The zero-order chi connectivity index (χ0) is 33.9. The van der Waals surface area contributed by atoms with Crippen molar-refractivity contribution in [3.63, 3.8) is 0 Å². The van der Waals surface area contributed by atoms with Crippen molar-refractivity contribution in [2.24, 2.45) is 0 Å².